The Kier molecular flexibility index (Phi) is 8.97. The van der Waals surface area contributed by atoms with Crippen molar-refractivity contribution < 1.29 is 33.7 Å². The second-order valence-corrected chi connectivity index (χ2v) is 6.81. The van der Waals surface area contributed by atoms with Gasteiger partial charge in [0.15, 0.2) is 0 Å². The van der Waals surface area contributed by atoms with Gasteiger partial charge < -0.3 is 25.2 Å². The molecule has 1 fully saturated rings. The molecule has 4 N–H and O–H groups in total. The van der Waals surface area contributed by atoms with Crippen LogP contribution in [0.15, 0.2) is 18.2 Å². The van der Waals surface area contributed by atoms with E-state index in [1.165, 1.54) is 23.0 Å². The van der Waals surface area contributed by atoms with Crippen LogP contribution in [0, 0.1) is 5.82 Å². The second kappa shape index (κ2) is 11.4. The number of aliphatic hydroxyl groups is 2. The van der Waals surface area contributed by atoms with Gasteiger partial charge in [0.2, 0.25) is 5.91 Å². The molecule has 11 nitrogen and oxygen atoms in total. The van der Waals surface area contributed by atoms with E-state index in [0.717, 1.165) is 0 Å². The van der Waals surface area contributed by atoms with Crippen molar-refractivity contribution in [3.63, 3.8) is 0 Å². The Morgan fingerprint density at radius 1 is 1.32 bits per heavy atom. The molecule has 0 aromatic heterocycles. The van der Waals surface area contributed by atoms with Gasteiger partial charge in [0.1, 0.15) is 25.1 Å². The molecule has 0 bridgehead atoms. The van der Waals surface area contributed by atoms with Gasteiger partial charge in [-0.2, -0.15) is 0 Å². The molecule has 1 atom stereocenters. The Morgan fingerprint density at radius 2 is 2.06 bits per heavy atom. The molecule has 31 heavy (non-hydrogen) atoms. The third kappa shape index (κ3) is 6.51. The molecule has 1 aliphatic heterocycles. The summed E-state index contributed by atoms with van der Waals surface area (Å²) in [7, 11) is 1.49. The van der Waals surface area contributed by atoms with E-state index in [0.29, 0.717) is 31.0 Å². The van der Waals surface area contributed by atoms with E-state index in [1.807, 2.05) is 6.92 Å². The summed E-state index contributed by atoms with van der Waals surface area (Å²) >= 11 is 0. The number of likely N-dealkylation sites (N-methyl/N-ethyl adjacent to an activating group) is 2. The highest BCUT2D eigenvalue weighted by Crippen LogP contribution is 2.27. The summed E-state index contributed by atoms with van der Waals surface area (Å²) in [4.78, 5) is 37.6. The molecule has 0 saturated carbocycles. The summed E-state index contributed by atoms with van der Waals surface area (Å²) in [6, 6.07) is 4.40. The first-order chi connectivity index (χ1) is 14.8. The number of carbonyl (C=O) groups is 3. The third-order valence-corrected chi connectivity index (χ3v) is 4.75. The molecule has 0 spiro atoms. The number of amides is 3. The Labute approximate surface area is 179 Å². The number of rotatable bonds is 11. The predicted octanol–water partition coefficient (Wildman–Crippen LogP) is -0.959. The first-order valence-electron chi connectivity index (χ1n) is 9.81. The molecule has 172 valence electrons. The van der Waals surface area contributed by atoms with Crippen LogP contribution >= 0.6 is 0 Å². The highest BCUT2D eigenvalue weighted by molar-refractivity contribution is 5.90. The van der Waals surface area contributed by atoms with Crippen molar-refractivity contribution in [2.45, 2.75) is 13.0 Å². The summed E-state index contributed by atoms with van der Waals surface area (Å²) in [6.45, 7) is 2.03. The van der Waals surface area contributed by atoms with Gasteiger partial charge in [-0.3, -0.25) is 19.5 Å². The van der Waals surface area contributed by atoms with Gasteiger partial charge in [0.05, 0.1) is 24.5 Å². The molecule has 1 aromatic carbocycles. The van der Waals surface area contributed by atoms with Gasteiger partial charge in [-0.1, -0.05) is 0 Å². The van der Waals surface area contributed by atoms with Gasteiger partial charge in [0, 0.05) is 26.7 Å². The fourth-order valence-corrected chi connectivity index (χ4v) is 3.04. The highest BCUT2D eigenvalue weighted by atomic mass is 19.1. The maximum absolute atomic E-state index is 14.8. The van der Waals surface area contributed by atoms with Crippen LogP contribution in [0.2, 0.25) is 0 Å². The lowest BCUT2D eigenvalue weighted by atomic mass is 10.2. The van der Waals surface area contributed by atoms with Gasteiger partial charge in [-0.05, 0) is 25.1 Å². The number of halogens is 1. The Morgan fingerprint density at radius 3 is 2.68 bits per heavy atom. The molecule has 12 heteroatoms. The van der Waals surface area contributed by atoms with Crippen LogP contribution in [-0.4, -0.2) is 92.2 Å². The van der Waals surface area contributed by atoms with E-state index in [2.05, 4.69) is 10.7 Å². The number of benzene rings is 1. The number of ether oxygens (including phenoxy) is 1. The minimum absolute atomic E-state index is 0.0477. The molecular weight excluding hydrogens is 413 g/mol. The maximum Gasteiger partial charge on any atom is 0.414 e. The fraction of sp³-hybridized carbons (Fsp3) is 0.526. The summed E-state index contributed by atoms with van der Waals surface area (Å²) in [5.41, 5.74) is 3.48. The smallest absolute Gasteiger partial charge is 0.414 e. The zero-order valence-corrected chi connectivity index (χ0v) is 17.5. The zero-order valence-electron chi connectivity index (χ0n) is 17.5. The van der Waals surface area contributed by atoms with E-state index < -0.39 is 43.0 Å². The Balaban J connectivity index is 1.99. The average Bonchev–Trinajstić information content (AvgIpc) is 3.15. The van der Waals surface area contributed by atoms with Crippen LogP contribution in [0.25, 0.3) is 0 Å². The molecular formula is C19H28FN5O6. The largest absolute Gasteiger partial charge is 0.442 e. The third-order valence-electron chi connectivity index (χ3n) is 4.75. The van der Waals surface area contributed by atoms with E-state index in [9.17, 15) is 18.8 Å². The number of anilines is 2. The maximum atomic E-state index is 14.8. The molecule has 0 radical (unpaired) electrons. The van der Waals surface area contributed by atoms with Crippen LogP contribution < -0.4 is 20.5 Å². The number of aliphatic hydroxyl groups excluding tert-OH is 2. The zero-order chi connectivity index (χ0) is 23.0. The van der Waals surface area contributed by atoms with Crippen LogP contribution in [-0.2, 0) is 14.3 Å². The molecule has 1 aliphatic rings. The van der Waals surface area contributed by atoms with Crippen LogP contribution in [0.3, 0.4) is 0 Å². The van der Waals surface area contributed by atoms with E-state index in [-0.39, 0.29) is 13.1 Å². The molecule has 1 heterocycles. The fourth-order valence-electron chi connectivity index (χ4n) is 3.04. The van der Waals surface area contributed by atoms with Crippen molar-refractivity contribution in [1.82, 2.24) is 15.8 Å². The first kappa shape index (κ1) is 24.3. The van der Waals surface area contributed by atoms with Crippen LogP contribution in [0.5, 0.6) is 0 Å². The number of carbonyl (C=O) groups excluding carboxylic acids is 3. The van der Waals surface area contributed by atoms with Crippen molar-refractivity contribution in [2.24, 2.45) is 0 Å². The summed E-state index contributed by atoms with van der Waals surface area (Å²) < 4.78 is 20.0. The monoisotopic (exact) mass is 441 g/mol. The number of cyclic esters (lactones) is 1. The number of hydrogen-bond donors (Lipinski definition) is 4. The second-order valence-electron chi connectivity index (χ2n) is 6.81. The number of hydrogen-bond acceptors (Lipinski definition) is 8. The minimum Gasteiger partial charge on any atom is -0.442 e. The van der Waals surface area contributed by atoms with Gasteiger partial charge >= 0.3 is 6.09 Å². The van der Waals surface area contributed by atoms with Gasteiger partial charge in [-0.15, -0.1) is 0 Å². The lowest BCUT2D eigenvalue weighted by Gasteiger charge is -2.26. The van der Waals surface area contributed by atoms with E-state index in [1.54, 1.807) is 17.0 Å². The summed E-state index contributed by atoms with van der Waals surface area (Å²) in [5.74, 6) is -1.58. The highest BCUT2D eigenvalue weighted by Gasteiger charge is 2.33. The first-order valence-corrected chi connectivity index (χ1v) is 9.81. The molecule has 1 aromatic rings. The number of nitrogens with one attached hydrogen (secondary N) is 2. The lowest BCUT2D eigenvalue weighted by Crippen LogP contribution is -2.44. The van der Waals surface area contributed by atoms with Crippen LogP contribution in [0.4, 0.5) is 20.6 Å². The summed E-state index contributed by atoms with van der Waals surface area (Å²) in [5, 5.41) is 21.2. The quantitative estimate of drug-likeness (QED) is 0.323. The normalized spacial score (nSPS) is 15.6. The standard InChI is InChI=1S/C19H28FN5O6/c1-3-24(7-6-22-23(2)18(29)12-27)16-5-4-13(8-15(16)20)25-10-14(31-19(25)30)9-21-17(28)11-26/h4-5,8,14,22,26-27H,3,6-7,9-12H2,1-2H3,(H,21,28)/t14-/m0/s1. The molecule has 0 aliphatic carbocycles. The molecule has 2 rings (SSSR count). The molecule has 0 unspecified atom stereocenters. The molecule has 1 saturated heterocycles. The number of hydrazine groups is 1. The minimum atomic E-state index is -0.658. The van der Waals surface area contributed by atoms with Crippen molar-refractivity contribution in [3.8, 4) is 0 Å². The van der Waals surface area contributed by atoms with Crippen molar-refractivity contribution >= 4 is 29.3 Å². The predicted molar refractivity (Wildman–Crippen MR) is 110 cm³/mol. The Hall–Kier alpha value is -2.96. The Bertz CT molecular complexity index is 795. The van der Waals surface area contributed by atoms with Crippen molar-refractivity contribution in [2.75, 3.05) is 62.8 Å². The van der Waals surface area contributed by atoms with Gasteiger partial charge in [-0.25, -0.2) is 14.6 Å². The van der Waals surface area contributed by atoms with E-state index in [4.69, 9.17) is 14.9 Å². The summed E-state index contributed by atoms with van der Waals surface area (Å²) in [6.07, 6.45) is -1.26. The van der Waals surface area contributed by atoms with Crippen molar-refractivity contribution in [1.29, 1.82) is 0 Å². The van der Waals surface area contributed by atoms with Crippen LogP contribution in [0.1, 0.15) is 6.92 Å². The molecule has 3 amide bonds. The topological polar surface area (TPSA) is 135 Å². The lowest BCUT2D eigenvalue weighted by molar-refractivity contribution is -0.135. The van der Waals surface area contributed by atoms with E-state index >= 15 is 0 Å². The number of nitrogens with zero attached hydrogens (tertiary/aromatic N) is 3. The van der Waals surface area contributed by atoms with Gasteiger partial charge in [0.25, 0.3) is 5.91 Å². The average molecular weight is 441 g/mol. The SMILES string of the molecule is CCN(CCNN(C)C(=O)CO)c1ccc(N2C[C@H](CNC(=O)CO)OC2=O)cc1F. The van der Waals surface area contributed by atoms with Crippen molar-refractivity contribution in [3.05, 3.63) is 24.0 Å².